The number of ether oxygens (including phenoxy) is 1. The molecule has 0 saturated carbocycles. The van der Waals surface area contributed by atoms with Crippen LogP contribution in [0.4, 0.5) is 0 Å². The largest absolute Gasteiger partial charge is 0.466 e. The normalized spacial score (nSPS) is 12.8. The molecule has 6 nitrogen and oxygen atoms in total. The zero-order valence-corrected chi connectivity index (χ0v) is 48.4. The fraction of sp³-hybridized carbons (Fsp3) is 0.879. The number of hydrogen-bond donors (Lipinski definition) is 3. The molecule has 0 spiro atoms. The monoisotopic (exact) mass is 1010 g/mol. The predicted molar refractivity (Wildman–Crippen MR) is 315 cm³/mol. The molecule has 3 N–H and O–H groups in total. The summed E-state index contributed by atoms with van der Waals surface area (Å²) in [5.41, 5.74) is 0. The Bertz CT molecular complexity index is 1170. The van der Waals surface area contributed by atoms with Crippen molar-refractivity contribution in [3.63, 3.8) is 0 Å². The van der Waals surface area contributed by atoms with Crippen molar-refractivity contribution in [1.82, 2.24) is 5.32 Å². The second-order valence-corrected chi connectivity index (χ2v) is 22.1. The van der Waals surface area contributed by atoms with E-state index >= 15 is 0 Å². The molecule has 424 valence electrons. The number of rotatable bonds is 60. The number of aliphatic hydroxyl groups excluding tert-OH is 2. The number of hydrogen-bond acceptors (Lipinski definition) is 5. The van der Waals surface area contributed by atoms with Gasteiger partial charge in [0.1, 0.15) is 0 Å². The molecule has 0 saturated heterocycles. The van der Waals surface area contributed by atoms with Crippen molar-refractivity contribution in [1.29, 1.82) is 0 Å². The molecule has 1 amide bonds. The lowest BCUT2D eigenvalue weighted by atomic mass is 10.0. The van der Waals surface area contributed by atoms with Crippen LogP contribution in [0.3, 0.4) is 0 Å². The average Bonchev–Trinajstić information content (AvgIpc) is 3.38. The number of carbonyl (C=O) groups excluding carboxylic acids is 2. The first kappa shape index (κ1) is 70.1. The van der Waals surface area contributed by atoms with Crippen LogP contribution in [0, 0.1) is 0 Å². The van der Waals surface area contributed by atoms with Crippen LogP contribution in [0.2, 0.25) is 0 Å². The van der Waals surface area contributed by atoms with Gasteiger partial charge in [0.2, 0.25) is 5.91 Å². The summed E-state index contributed by atoms with van der Waals surface area (Å²) in [6.07, 6.45) is 77.6. The Labute approximate surface area is 449 Å². The molecule has 0 fully saturated rings. The molecule has 72 heavy (non-hydrogen) atoms. The zero-order chi connectivity index (χ0) is 52.2. The molecule has 0 aliphatic heterocycles. The standard InChI is InChI=1S/C66H125NO5/c1-3-5-7-9-11-13-15-17-18-19-20-21-22-23-24-25-26-29-32-35-38-42-46-50-54-58-64(69)63(62-68)67-65(70)59-55-51-47-43-39-36-33-30-27-28-31-34-37-41-45-49-53-57-61-72-66(71)60-56-52-48-44-40-16-14-12-10-8-6-4-2/h12,14,30,33,54,58,63-64,68-69H,3-11,13,15-29,31-32,34-53,55-57,59-62H2,1-2H3,(H,67,70)/b14-12-,33-30-,58-54+. The van der Waals surface area contributed by atoms with Crippen LogP contribution in [0.15, 0.2) is 36.5 Å². The van der Waals surface area contributed by atoms with Gasteiger partial charge in [-0.15, -0.1) is 0 Å². The summed E-state index contributed by atoms with van der Waals surface area (Å²) in [6.45, 7) is 4.88. The van der Waals surface area contributed by atoms with Gasteiger partial charge in [-0.3, -0.25) is 9.59 Å². The minimum Gasteiger partial charge on any atom is -0.466 e. The maximum absolute atomic E-state index is 12.5. The predicted octanol–water partition coefficient (Wildman–Crippen LogP) is 20.4. The Morgan fingerprint density at radius 1 is 0.375 bits per heavy atom. The Morgan fingerprint density at radius 3 is 1.01 bits per heavy atom. The van der Waals surface area contributed by atoms with E-state index in [1.165, 1.54) is 257 Å². The van der Waals surface area contributed by atoms with Gasteiger partial charge < -0.3 is 20.3 Å². The second kappa shape index (κ2) is 61.6. The number of unbranched alkanes of at least 4 members (excludes halogenated alkanes) is 45. The van der Waals surface area contributed by atoms with Gasteiger partial charge in [-0.1, -0.05) is 288 Å². The Kier molecular flexibility index (Phi) is 60.0. The van der Waals surface area contributed by atoms with Crippen LogP contribution < -0.4 is 5.32 Å². The maximum Gasteiger partial charge on any atom is 0.305 e. The highest BCUT2D eigenvalue weighted by atomic mass is 16.5. The van der Waals surface area contributed by atoms with Gasteiger partial charge in [0.15, 0.2) is 0 Å². The van der Waals surface area contributed by atoms with E-state index in [4.69, 9.17) is 4.74 Å². The van der Waals surface area contributed by atoms with Crippen molar-refractivity contribution < 1.29 is 24.5 Å². The minimum atomic E-state index is -0.855. The number of allylic oxidation sites excluding steroid dienone is 5. The average molecular weight is 1010 g/mol. The molecule has 0 heterocycles. The summed E-state index contributed by atoms with van der Waals surface area (Å²) in [5, 5.41) is 23.2. The topological polar surface area (TPSA) is 95.9 Å². The zero-order valence-electron chi connectivity index (χ0n) is 48.4. The highest BCUT2D eigenvalue weighted by Crippen LogP contribution is 2.17. The fourth-order valence-corrected chi connectivity index (χ4v) is 9.92. The molecular weight excluding hydrogens is 887 g/mol. The van der Waals surface area contributed by atoms with E-state index in [0.717, 1.165) is 64.2 Å². The van der Waals surface area contributed by atoms with Gasteiger partial charge >= 0.3 is 5.97 Å². The van der Waals surface area contributed by atoms with Gasteiger partial charge in [-0.2, -0.15) is 0 Å². The van der Waals surface area contributed by atoms with Gasteiger partial charge in [0, 0.05) is 12.8 Å². The SMILES string of the molecule is CCCCC/C=C\CCCCCCCC(=O)OCCCCCCCCCCC/C=C\CCCCCCCC(=O)NC(CO)C(O)/C=C/CCCCCCCCCCCCCCCCCCCCCCCCC. The molecule has 0 aromatic rings. The third-order valence-electron chi connectivity index (χ3n) is 14.9. The highest BCUT2D eigenvalue weighted by Gasteiger charge is 2.18. The number of carbonyl (C=O) groups is 2. The van der Waals surface area contributed by atoms with Crippen molar-refractivity contribution in [2.24, 2.45) is 0 Å². The second-order valence-electron chi connectivity index (χ2n) is 22.1. The molecule has 2 unspecified atom stereocenters. The van der Waals surface area contributed by atoms with E-state index in [0.29, 0.717) is 19.4 Å². The van der Waals surface area contributed by atoms with E-state index in [9.17, 15) is 19.8 Å². The first-order chi connectivity index (χ1) is 35.5. The van der Waals surface area contributed by atoms with Gasteiger partial charge in [0.05, 0.1) is 25.4 Å². The summed E-state index contributed by atoms with van der Waals surface area (Å²) in [6, 6.07) is -0.640. The quantitative estimate of drug-likeness (QED) is 0.0320. The van der Waals surface area contributed by atoms with Crippen LogP contribution in [0.25, 0.3) is 0 Å². The first-order valence-corrected chi connectivity index (χ1v) is 32.3. The van der Waals surface area contributed by atoms with Crippen molar-refractivity contribution in [3.8, 4) is 0 Å². The third-order valence-corrected chi connectivity index (χ3v) is 14.9. The van der Waals surface area contributed by atoms with Gasteiger partial charge in [-0.25, -0.2) is 0 Å². The Morgan fingerprint density at radius 2 is 0.653 bits per heavy atom. The molecule has 6 heteroatoms. The summed E-state index contributed by atoms with van der Waals surface area (Å²) < 4.78 is 5.46. The molecular formula is C66H125NO5. The van der Waals surface area contributed by atoms with E-state index in [2.05, 4.69) is 43.5 Å². The van der Waals surface area contributed by atoms with Crippen LogP contribution in [0.1, 0.15) is 348 Å². The minimum absolute atomic E-state index is 0.00766. The lowest BCUT2D eigenvalue weighted by Gasteiger charge is -2.20. The summed E-state index contributed by atoms with van der Waals surface area (Å²) in [4.78, 5) is 24.5. The van der Waals surface area contributed by atoms with Crippen molar-refractivity contribution in [2.45, 2.75) is 360 Å². The molecule has 0 aromatic heterocycles. The number of amides is 1. The summed E-state index contributed by atoms with van der Waals surface area (Å²) >= 11 is 0. The lowest BCUT2D eigenvalue weighted by molar-refractivity contribution is -0.143. The molecule has 2 atom stereocenters. The molecule has 0 rings (SSSR count). The van der Waals surface area contributed by atoms with Crippen molar-refractivity contribution in [3.05, 3.63) is 36.5 Å². The summed E-state index contributed by atoms with van der Waals surface area (Å²) in [7, 11) is 0. The number of nitrogens with one attached hydrogen (secondary N) is 1. The molecule has 0 radical (unpaired) electrons. The molecule has 0 aliphatic carbocycles. The van der Waals surface area contributed by atoms with E-state index < -0.39 is 12.1 Å². The van der Waals surface area contributed by atoms with Crippen molar-refractivity contribution in [2.75, 3.05) is 13.2 Å². The third kappa shape index (κ3) is 57.4. The fourth-order valence-electron chi connectivity index (χ4n) is 9.92. The van der Waals surface area contributed by atoms with Crippen molar-refractivity contribution >= 4 is 11.9 Å². The van der Waals surface area contributed by atoms with Crippen LogP contribution in [0.5, 0.6) is 0 Å². The summed E-state index contributed by atoms with van der Waals surface area (Å²) in [5.74, 6) is -0.0871. The van der Waals surface area contributed by atoms with Crippen LogP contribution >= 0.6 is 0 Å². The number of esters is 1. The molecule has 0 aromatic carbocycles. The van der Waals surface area contributed by atoms with Gasteiger partial charge in [-0.05, 0) is 83.5 Å². The number of aliphatic hydroxyl groups is 2. The van der Waals surface area contributed by atoms with Gasteiger partial charge in [0.25, 0.3) is 0 Å². The molecule has 0 aliphatic rings. The highest BCUT2D eigenvalue weighted by molar-refractivity contribution is 5.76. The van der Waals surface area contributed by atoms with Crippen LogP contribution in [-0.2, 0) is 14.3 Å². The maximum atomic E-state index is 12.5. The lowest BCUT2D eigenvalue weighted by Crippen LogP contribution is -2.45. The Balaban J connectivity index is 3.48. The molecule has 0 bridgehead atoms. The van der Waals surface area contributed by atoms with Crippen LogP contribution in [-0.4, -0.2) is 47.4 Å². The Hall–Kier alpha value is -1.92. The first-order valence-electron chi connectivity index (χ1n) is 32.3. The van der Waals surface area contributed by atoms with E-state index in [1.54, 1.807) is 6.08 Å². The smallest absolute Gasteiger partial charge is 0.305 e. The van der Waals surface area contributed by atoms with E-state index in [1.807, 2.05) is 6.08 Å². The van der Waals surface area contributed by atoms with E-state index in [-0.39, 0.29) is 18.5 Å².